The molecule has 0 spiro atoms. The number of hydrogen-bond acceptors (Lipinski definition) is 4. The Morgan fingerprint density at radius 3 is 2.90 bits per heavy atom. The van der Waals surface area contributed by atoms with Crippen LogP contribution in [-0.4, -0.2) is 33.9 Å². The lowest BCUT2D eigenvalue weighted by Crippen LogP contribution is -2.31. The first kappa shape index (κ1) is 15.7. The molecular weight excluding hydrogens is 286 g/mol. The Balaban J connectivity index is 1.86. The number of carbonyl (C=O) groups excluding carboxylic acids is 1. The van der Waals surface area contributed by atoms with Gasteiger partial charge in [0.2, 0.25) is 0 Å². The second-order valence-electron chi connectivity index (χ2n) is 5.34. The Morgan fingerprint density at radius 2 is 2.33 bits per heavy atom. The van der Waals surface area contributed by atoms with Crippen LogP contribution in [0.25, 0.3) is 0 Å². The number of nitrogens with zero attached hydrogens (tertiary/aromatic N) is 2. The molecular formula is C15H21N3O2S. The van der Waals surface area contributed by atoms with Gasteiger partial charge in [0.25, 0.3) is 5.91 Å². The number of aromatic nitrogens is 2. The Kier molecular flexibility index (Phi) is 5.52. The van der Waals surface area contributed by atoms with Crippen LogP contribution in [0.3, 0.4) is 0 Å². The number of thiophene rings is 1. The number of aliphatic hydroxyl groups is 1. The Morgan fingerprint density at radius 1 is 1.52 bits per heavy atom. The summed E-state index contributed by atoms with van der Waals surface area (Å²) in [6, 6.07) is 4.27. The van der Waals surface area contributed by atoms with Gasteiger partial charge in [0.1, 0.15) is 0 Å². The molecule has 0 saturated carbocycles. The van der Waals surface area contributed by atoms with Gasteiger partial charge in [-0.05, 0) is 31.7 Å². The van der Waals surface area contributed by atoms with Crippen molar-refractivity contribution >= 4 is 17.2 Å². The van der Waals surface area contributed by atoms with Crippen LogP contribution in [0.1, 0.15) is 35.1 Å². The highest BCUT2D eigenvalue weighted by Crippen LogP contribution is 2.14. The molecule has 2 aromatic rings. The third-order valence-corrected chi connectivity index (χ3v) is 4.17. The van der Waals surface area contributed by atoms with E-state index in [2.05, 4.69) is 10.4 Å². The molecule has 0 aliphatic carbocycles. The van der Waals surface area contributed by atoms with Gasteiger partial charge in [-0.1, -0.05) is 6.07 Å². The van der Waals surface area contributed by atoms with Crippen molar-refractivity contribution in [1.29, 1.82) is 0 Å². The zero-order valence-electron chi connectivity index (χ0n) is 12.3. The molecule has 2 aromatic heterocycles. The van der Waals surface area contributed by atoms with Crippen LogP contribution in [-0.2, 0) is 6.42 Å². The third kappa shape index (κ3) is 4.41. The van der Waals surface area contributed by atoms with Crippen LogP contribution in [0.4, 0.5) is 0 Å². The molecule has 2 N–H and O–H groups in total. The van der Waals surface area contributed by atoms with E-state index in [-0.39, 0.29) is 24.5 Å². The van der Waals surface area contributed by atoms with Gasteiger partial charge < -0.3 is 10.4 Å². The summed E-state index contributed by atoms with van der Waals surface area (Å²) in [7, 11) is 0. The standard InChI is InChI=1S/C15H21N3O2S/c1-11(2)18-9-13(8-17-18)15(20)16-7-12(10-19)6-14-4-3-5-21-14/h3-5,8-9,11-12,19H,6-7,10H2,1-2H3,(H,16,20)/t12-/m0/s1. The molecule has 114 valence electrons. The minimum absolute atomic E-state index is 0.0349. The summed E-state index contributed by atoms with van der Waals surface area (Å²) < 4.78 is 1.75. The maximum Gasteiger partial charge on any atom is 0.254 e. The molecule has 0 radical (unpaired) electrons. The van der Waals surface area contributed by atoms with E-state index >= 15 is 0 Å². The van der Waals surface area contributed by atoms with E-state index < -0.39 is 0 Å². The molecule has 0 aliphatic rings. The average Bonchev–Trinajstić information content (AvgIpc) is 3.13. The first-order valence-corrected chi connectivity index (χ1v) is 7.93. The Labute approximate surface area is 128 Å². The summed E-state index contributed by atoms with van der Waals surface area (Å²) in [6.07, 6.45) is 4.09. The minimum Gasteiger partial charge on any atom is -0.396 e. The van der Waals surface area contributed by atoms with Crippen molar-refractivity contribution in [3.05, 3.63) is 40.3 Å². The van der Waals surface area contributed by atoms with Crippen molar-refractivity contribution in [1.82, 2.24) is 15.1 Å². The van der Waals surface area contributed by atoms with Crippen molar-refractivity contribution in [3.63, 3.8) is 0 Å². The molecule has 5 nitrogen and oxygen atoms in total. The van der Waals surface area contributed by atoms with Crippen LogP contribution < -0.4 is 5.32 Å². The SMILES string of the molecule is CC(C)n1cc(C(=O)NC[C@@H](CO)Cc2cccs2)cn1. The fourth-order valence-electron chi connectivity index (χ4n) is 1.99. The summed E-state index contributed by atoms with van der Waals surface area (Å²) in [5.41, 5.74) is 0.552. The third-order valence-electron chi connectivity index (χ3n) is 3.27. The molecule has 6 heteroatoms. The van der Waals surface area contributed by atoms with Gasteiger partial charge in [-0.15, -0.1) is 11.3 Å². The molecule has 0 aliphatic heterocycles. The summed E-state index contributed by atoms with van der Waals surface area (Å²) >= 11 is 1.67. The van der Waals surface area contributed by atoms with Gasteiger partial charge in [0.05, 0.1) is 11.8 Å². The summed E-state index contributed by atoms with van der Waals surface area (Å²) in [5.74, 6) is -0.112. The molecule has 1 atom stereocenters. The van der Waals surface area contributed by atoms with Crippen LogP contribution in [0.2, 0.25) is 0 Å². The second kappa shape index (κ2) is 7.38. The zero-order chi connectivity index (χ0) is 15.2. The van der Waals surface area contributed by atoms with E-state index in [1.54, 1.807) is 28.4 Å². The van der Waals surface area contributed by atoms with E-state index in [1.807, 2.05) is 31.4 Å². The van der Waals surface area contributed by atoms with Crippen LogP contribution in [0, 0.1) is 5.92 Å². The van der Waals surface area contributed by atoms with E-state index in [9.17, 15) is 9.90 Å². The molecule has 1 amide bonds. The minimum atomic E-state index is -0.147. The number of aliphatic hydroxyl groups excluding tert-OH is 1. The summed E-state index contributed by atoms with van der Waals surface area (Å²) in [5, 5.41) is 18.5. The van der Waals surface area contributed by atoms with Crippen molar-refractivity contribution in [3.8, 4) is 0 Å². The predicted octanol–water partition coefficient (Wildman–Crippen LogP) is 2.11. The lowest BCUT2D eigenvalue weighted by Gasteiger charge is -2.13. The highest BCUT2D eigenvalue weighted by Gasteiger charge is 2.14. The second-order valence-corrected chi connectivity index (χ2v) is 6.38. The molecule has 0 fully saturated rings. The topological polar surface area (TPSA) is 67.2 Å². The van der Waals surface area contributed by atoms with E-state index in [0.29, 0.717) is 12.1 Å². The predicted molar refractivity (Wildman–Crippen MR) is 83.5 cm³/mol. The van der Waals surface area contributed by atoms with E-state index in [0.717, 1.165) is 6.42 Å². The average molecular weight is 307 g/mol. The maximum atomic E-state index is 12.1. The molecule has 0 unspecified atom stereocenters. The van der Waals surface area contributed by atoms with Crippen molar-refractivity contribution in [2.24, 2.45) is 5.92 Å². The number of nitrogens with one attached hydrogen (secondary N) is 1. The van der Waals surface area contributed by atoms with Crippen molar-refractivity contribution in [2.75, 3.05) is 13.2 Å². The molecule has 0 bridgehead atoms. The van der Waals surface area contributed by atoms with Crippen LogP contribution in [0.15, 0.2) is 29.9 Å². The first-order chi connectivity index (χ1) is 10.1. The lowest BCUT2D eigenvalue weighted by atomic mass is 10.1. The largest absolute Gasteiger partial charge is 0.396 e. The van der Waals surface area contributed by atoms with Gasteiger partial charge in [-0.25, -0.2) is 0 Å². The maximum absolute atomic E-state index is 12.1. The van der Waals surface area contributed by atoms with Gasteiger partial charge in [0, 0.05) is 36.2 Å². The highest BCUT2D eigenvalue weighted by molar-refractivity contribution is 7.09. The summed E-state index contributed by atoms with van der Waals surface area (Å²) in [6.45, 7) is 4.54. The zero-order valence-corrected chi connectivity index (χ0v) is 13.1. The monoisotopic (exact) mass is 307 g/mol. The van der Waals surface area contributed by atoms with Gasteiger partial charge in [-0.3, -0.25) is 9.48 Å². The molecule has 2 rings (SSSR count). The van der Waals surface area contributed by atoms with Gasteiger partial charge in [-0.2, -0.15) is 5.10 Å². The quantitative estimate of drug-likeness (QED) is 0.823. The number of amides is 1. The normalized spacial score (nSPS) is 12.6. The molecule has 0 saturated heterocycles. The number of hydrogen-bond donors (Lipinski definition) is 2. The number of rotatable bonds is 7. The van der Waals surface area contributed by atoms with Crippen LogP contribution in [0.5, 0.6) is 0 Å². The van der Waals surface area contributed by atoms with Crippen molar-refractivity contribution < 1.29 is 9.90 Å². The van der Waals surface area contributed by atoms with E-state index in [1.165, 1.54) is 4.88 Å². The molecule has 2 heterocycles. The smallest absolute Gasteiger partial charge is 0.254 e. The first-order valence-electron chi connectivity index (χ1n) is 7.05. The summed E-state index contributed by atoms with van der Waals surface area (Å²) in [4.78, 5) is 13.3. The van der Waals surface area contributed by atoms with E-state index in [4.69, 9.17) is 0 Å². The number of carbonyl (C=O) groups is 1. The van der Waals surface area contributed by atoms with Gasteiger partial charge >= 0.3 is 0 Å². The Bertz CT molecular complexity index is 563. The molecule has 0 aromatic carbocycles. The molecule has 21 heavy (non-hydrogen) atoms. The highest BCUT2D eigenvalue weighted by atomic mass is 32.1. The fraction of sp³-hybridized carbons (Fsp3) is 0.467. The fourth-order valence-corrected chi connectivity index (χ4v) is 2.81. The van der Waals surface area contributed by atoms with Crippen LogP contribution >= 0.6 is 11.3 Å². The van der Waals surface area contributed by atoms with Gasteiger partial charge in [0.15, 0.2) is 0 Å². The Hall–Kier alpha value is -1.66. The lowest BCUT2D eigenvalue weighted by molar-refractivity contribution is 0.0940. The van der Waals surface area contributed by atoms with Crippen molar-refractivity contribution in [2.45, 2.75) is 26.3 Å².